The molecule has 0 saturated carbocycles. The molecule has 1 aromatic carbocycles. The number of nitrogens with two attached hydrogens (primary N) is 1. The Kier molecular flexibility index (Phi) is 5.21. The Balaban J connectivity index is 2.33. The molecular formula is C15H24N2O2. The van der Waals surface area contributed by atoms with E-state index in [2.05, 4.69) is 33.0 Å². The number of carbonyl (C=O) groups excluding carboxylic acids is 1. The van der Waals surface area contributed by atoms with E-state index in [0.29, 0.717) is 23.9 Å². The monoisotopic (exact) mass is 264 g/mol. The van der Waals surface area contributed by atoms with Gasteiger partial charge in [0, 0.05) is 18.3 Å². The van der Waals surface area contributed by atoms with Gasteiger partial charge in [0.2, 0.25) is 0 Å². The lowest BCUT2D eigenvalue weighted by atomic mass is 9.82. The highest BCUT2D eigenvalue weighted by atomic mass is 16.5. The number of carbonyl (C=O) groups is 1. The van der Waals surface area contributed by atoms with E-state index in [4.69, 9.17) is 10.5 Å². The van der Waals surface area contributed by atoms with Gasteiger partial charge < -0.3 is 15.8 Å². The van der Waals surface area contributed by atoms with Crippen molar-refractivity contribution in [3.05, 3.63) is 24.3 Å². The normalized spacial score (nSPS) is 12.8. The van der Waals surface area contributed by atoms with E-state index in [1.807, 2.05) is 0 Å². The van der Waals surface area contributed by atoms with Crippen molar-refractivity contribution in [3.8, 4) is 5.75 Å². The second-order valence-corrected chi connectivity index (χ2v) is 5.93. The maximum Gasteiger partial charge on any atom is 0.257 e. The van der Waals surface area contributed by atoms with Crippen LogP contribution in [0.3, 0.4) is 0 Å². The van der Waals surface area contributed by atoms with Crippen molar-refractivity contribution in [1.82, 2.24) is 5.32 Å². The first kappa shape index (κ1) is 15.3. The summed E-state index contributed by atoms with van der Waals surface area (Å²) in [7, 11) is 0. The Hall–Kier alpha value is -1.71. The third-order valence-electron chi connectivity index (χ3n) is 3.31. The first-order valence-electron chi connectivity index (χ1n) is 6.54. The number of rotatable bonds is 5. The minimum absolute atomic E-state index is 0.0142. The number of hydrogen-bond acceptors (Lipinski definition) is 3. The lowest BCUT2D eigenvalue weighted by Gasteiger charge is -2.27. The van der Waals surface area contributed by atoms with Gasteiger partial charge in [0.05, 0.1) is 0 Å². The van der Waals surface area contributed by atoms with Gasteiger partial charge in [-0.05, 0) is 23.5 Å². The van der Waals surface area contributed by atoms with E-state index < -0.39 is 0 Å². The van der Waals surface area contributed by atoms with Gasteiger partial charge in [0.15, 0.2) is 6.61 Å². The van der Waals surface area contributed by atoms with Crippen LogP contribution in [0.4, 0.5) is 5.69 Å². The highest BCUT2D eigenvalue weighted by Gasteiger charge is 2.20. The van der Waals surface area contributed by atoms with E-state index in [1.165, 1.54) is 0 Å². The van der Waals surface area contributed by atoms with Gasteiger partial charge >= 0.3 is 0 Å². The van der Waals surface area contributed by atoms with Crippen LogP contribution in [0, 0.1) is 11.3 Å². The summed E-state index contributed by atoms with van der Waals surface area (Å²) in [6.45, 7) is 9.27. The van der Waals surface area contributed by atoms with Crippen molar-refractivity contribution in [2.24, 2.45) is 11.3 Å². The van der Waals surface area contributed by atoms with E-state index in [1.54, 1.807) is 24.3 Å². The van der Waals surface area contributed by atoms with Crippen LogP contribution in [0.15, 0.2) is 24.3 Å². The Morgan fingerprint density at radius 2 is 2.11 bits per heavy atom. The number of amides is 1. The average molecular weight is 264 g/mol. The highest BCUT2D eigenvalue weighted by molar-refractivity contribution is 5.77. The minimum Gasteiger partial charge on any atom is -0.484 e. The Morgan fingerprint density at radius 3 is 2.68 bits per heavy atom. The first-order chi connectivity index (χ1) is 8.79. The Morgan fingerprint density at radius 1 is 1.42 bits per heavy atom. The third-order valence-corrected chi connectivity index (χ3v) is 3.31. The maximum absolute atomic E-state index is 11.7. The minimum atomic E-state index is -0.112. The van der Waals surface area contributed by atoms with Gasteiger partial charge in [0.25, 0.3) is 5.91 Å². The molecule has 1 unspecified atom stereocenters. The van der Waals surface area contributed by atoms with E-state index >= 15 is 0 Å². The molecule has 0 radical (unpaired) electrons. The molecule has 19 heavy (non-hydrogen) atoms. The molecule has 0 saturated heterocycles. The number of benzene rings is 1. The SMILES string of the molecule is CC(CNC(=O)COc1cccc(N)c1)C(C)(C)C. The molecule has 106 valence electrons. The zero-order chi connectivity index (χ0) is 14.5. The molecule has 0 spiro atoms. The van der Waals surface area contributed by atoms with Gasteiger partial charge in [-0.25, -0.2) is 0 Å². The average Bonchev–Trinajstić information content (AvgIpc) is 2.32. The van der Waals surface area contributed by atoms with Crippen LogP contribution in [0.25, 0.3) is 0 Å². The molecule has 1 aromatic rings. The van der Waals surface area contributed by atoms with Gasteiger partial charge in [-0.2, -0.15) is 0 Å². The Bertz CT molecular complexity index is 424. The highest BCUT2D eigenvalue weighted by Crippen LogP contribution is 2.24. The van der Waals surface area contributed by atoms with Crippen molar-refractivity contribution < 1.29 is 9.53 Å². The summed E-state index contributed by atoms with van der Waals surface area (Å²) in [6.07, 6.45) is 0. The number of ether oxygens (including phenoxy) is 1. The van der Waals surface area contributed by atoms with Crippen molar-refractivity contribution in [2.45, 2.75) is 27.7 Å². The lowest BCUT2D eigenvalue weighted by Crippen LogP contribution is -2.36. The molecule has 3 N–H and O–H groups in total. The molecule has 0 aromatic heterocycles. The fourth-order valence-electron chi connectivity index (χ4n) is 1.38. The molecule has 4 nitrogen and oxygen atoms in total. The van der Waals surface area contributed by atoms with Crippen molar-refractivity contribution in [1.29, 1.82) is 0 Å². The standard InChI is InChI=1S/C15H24N2O2/c1-11(15(2,3)4)9-17-14(18)10-19-13-7-5-6-12(16)8-13/h5-8,11H,9-10,16H2,1-4H3,(H,17,18). The summed E-state index contributed by atoms with van der Waals surface area (Å²) >= 11 is 0. The zero-order valence-electron chi connectivity index (χ0n) is 12.2. The topological polar surface area (TPSA) is 64.3 Å². The summed E-state index contributed by atoms with van der Waals surface area (Å²) < 4.78 is 5.37. The molecule has 1 rings (SSSR count). The first-order valence-corrected chi connectivity index (χ1v) is 6.54. The third kappa shape index (κ3) is 5.64. The molecule has 1 amide bonds. The predicted octanol–water partition coefficient (Wildman–Crippen LogP) is 2.45. The van der Waals surface area contributed by atoms with Gasteiger partial charge in [-0.15, -0.1) is 0 Å². The van der Waals surface area contributed by atoms with Crippen LogP contribution in [-0.2, 0) is 4.79 Å². The second-order valence-electron chi connectivity index (χ2n) is 5.93. The fraction of sp³-hybridized carbons (Fsp3) is 0.533. The number of hydrogen-bond donors (Lipinski definition) is 2. The Labute approximate surface area is 115 Å². The largest absolute Gasteiger partial charge is 0.484 e. The molecule has 0 aliphatic carbocycles. The summed E-state index contributed by atoms with van der Waals surface area (Å²) in [6, 6.07) is 7.05. The lowest BCUT2D eigenvalue weighted by molar-refractivity contribution is -0.123. The molecule has 1 atom stereocenters. The van der Waals surface area contributed by atoms with Gasteiger partial charge in [0.1, 0.15) is 5.75 Å². The van der Waals surface area contributed by atoms with Gasteiger partial charge in [-0.3, -0.25) is 4.79 Å². The smallest absolute Gasteiger partial charge is 0.257 e. The van der Waals surface area contributed by atoms with Crippen LogP contribution in [0.5, 0.6) is 5.75 Å². The van der Waals surface area contributed by atoms with Crippen molar-refractivity contribution in [2.75, 3.05) is 18.9 Å². The molecule has 0 aliphatic heterocycles. The quantitative estimate of drug-likeness (QED) is 0.803. The van der Waals surface area contributed by atoms with E-state index in [9.17, 15) is 4.79 Å². The molecule has 0 aliphatic rings. The van der Waals surface area contributed by atoms with Crippen LogP contribution in [0.1, 0.15) is 27.7 Å². The van der Waals surface area contributed by atoms with Crippen molar-refractivity contribution in [3.63, 3.8) is 0 Å². The summed E-state index contributed by atoms with van der Waals surface area (Å²) in [5, 5.41) is 2.88. The summed E-state index contributed by atoms with van der Waals surface area (Å²) in [5.74, 6) is 0.904. The second kappa shape index (κ2) is 6.45. The van der Waals surface area contributed by atoms with Crippen LogP contribution in [-0.4, -0.2) is 19.1 Å². The van der Waals surface area contributed by atoms with E-state index in [-0.39, 0.29) is 17.9 Å². The molecule has 4 heteroatoms. The predicted molar refractivity (Wildman–Crippen MR) is 78.0 cm³/mol. The molecule has 0 bridgehead atoms. The summed E-state index contributed by atoms with van der Waals surface area (Å²) in [5.41, 5.74) is 6.44. The summed E-state index contributed by atoms with van der Waals surface area (Å²) in [4.78, 5) is 11.7. The maximum atomic E-state index is 11.7. The molecular weight excluding hydrogens is 240 g/mol. The van der Waals surface area contributed by atoms with Crippen molar-refractivity contribution >= 4 is 11.6 Å². The van der Waals surface area contributed by atoms with Crippen LogP contribution in [0.2, 0.25) is 0 Å². The zero-order valence-corrected chi connectivity index (χ0v) is 12.2. The van der Waals surface area contributed by atoms with Crippen LogP contribution < -0.4 is 15.8 Å². The van der Waals surface area contributed by atoms with Crippen LogP contribution >= 0.6 is 0 Å². The number of nitrogen functional groups attached to an aromatic ring is 1. The number of nitrogens with one attached hydrogen (secondary N) is 1. The number of anilines is 1. The molecule has 0 heterocycles. The van der Waals surface area contributed by atoms with Gasteiger partial charge in [-0.1, -0.05) is 33.8 Å². The fourth-order valence-corrected chi connectivity index (χ4v) is 1.38. The molecule has 0 fully saturated rings. The van der Waals surface area contributed by atoms with E-state index in [0.717, 1.165) is 0 Å².